The Balaban J connectivity index is 2.77. The first-order valence-corrected chi connectivity index (χ1v) is 7.25. The second kappa shape index (κ2) is 6.29. The molecular weight excluding hydrogens is 270 g/mol. The van der Waals surface area contributed by atoms with Gasteiger partial charge in [0.05, 0.1) is 13.2 Å². The van der Waals surface area contributed by atoms with Crippen molar-refractivity contribution in [2.45, 2.75) is 25.2 Å². The zero-order valence-corrected chi connectivity index (χ0v) is 11.2. The number of hydrogen-bond donors (Lipinski definition) is 0. The Labute approximate surface area is 104 Å². The normalized spacial score (nSPS) is 11.9. The van der Waals surface area contributed by atoms with Crippen LogP contribution in [0.5, 0.6) is 0 Å². The van der Waals surface area contributed by atoms with E-state index in [0.29, 0.717) is 25.6 Å². The van der Waals surface area contributed by atoms with Gasteiger partial charge in [-0.25, -0.2) is 8.42 Å². The fraction of sp³-hybridized carbons (Fsp3) is 0.750. The molecule has 0 N–H and O–H groups in total. The maximum atomic E-state index is 11.2. The largest absolute Gasteiger partial charge is 0.382 e. The first-order valence-electron chi connectivity index (χ1n) is 4.94. The van der Waals surface area contributed by atoms with E-state index in [4.69, 9.17) is 20.2 Å². The molecule has 17 heavy (non-hydrogen) atoms. The Bertz CT molecular complexity index is 459. The minimum atomic E-state index is -3.88. The van der Waals surface area contributed by atoms with Crippen LogP contribution in [0.2, 0.25) is 0 Å². The Kier molecular flexibility index (Phi) is 5.31. The molecule has 0 bridgehead atoms. The number of methoxy groups -OCH3 is 1. The summed E-state index contributed by atoms with van der Waals surface area (Å²) in [7, 11) is 2.91. The van der Waals surface area contributed by atoms with Gasteiger partial charge in [0.1, 0.15) is 6.61 Å². The van der Waals surface area contributed by atoms with E-state index in [1.54, 1.807) is 14.0 Å². The minimum Gasteiger partial charge on any atom is -0.382 e. The fourth-order valence-electron chi connectivity index (χ4n) is 1.23. The number of nitrogens with zero attached hydrogens (tertiary/aromatic N) is 3. The highest BCUT2D eigenvalue weighted by Gasteiger charge is 2.21. The molecule has 0 aliphatic carbocycles. The third-order valence-corrected chi connectivity index (χ3v) is 3.14. The van der Waals surface area contributed by atoms with Crippen molar-refractivity contribution in [1.29, 1.82) is 0 Å². The molecule has 0 unspecified atom stereocenters. The summed E-state index contributed by atoms with van der Waals surface area (Å²) in [5.41, 5.74) is 0. The van der Waals surface area contributed by atoms with Crippen LogP contribution in [0.15, 0.2) is 5.16 Å². The standard InChI is InChI=1S/C8H14ClN3O4S/c1-3-12-7(6-16-5-4-15-2)10-11-8(12)17(9,13)14/h3-6H2,1-2H3. The van der Waals surface area contributed by atoms with Crippen molar-refractivity contribution < 1.29 is 17.9 Å². The molecule has 0 aliphatic heterocycles. The summed E-state index contributed by atoms with van der Waals surface area (Å²) in [4.78, 5) is 0. The summed E-state index contributed by atoms with van der Waals surface area (Å²) in [5.74, 6) is 0.419. The molecule has 0 saturated heterocycles. The lowest BCUT2D eigenvalue weighted by atomic mass is 10.6. The van der Waals surface area contributed by atoms with Gasteiger partial charge in [0.25, 0.3) is 14.2 Å². The third-order valence-electron chi connectivity index (χ3n) is 1.99. The van der Waals surface area contributed by atoms with Crippen molar-refractivity contribution >= 4 is 19.7 Å². The van der Waals surface area contributed by atoms with E-state index in [1.165, 1.54) is 4.57 Å². The molecule has 1 heterocycles. The first kappa shape index (κ1) is 14.4. The SMILES string of the molecule is CCn1c(COCCOC)nnc1S(=O)(=O)Cl. The molecule has 0 amide bonds. The van der Waals surface area contributed by atoms with Gasteiger partial charge < -0.3 is 9.47 Å². The Morgan fingerprint density at radius 3 is 2.59 bits per heavy atom. The van der Waals surface area contributed by atoms with Gasteiger partial charge in [0.15, 0.2) is 5.82 Å². The third kappa shape index (κ3) is 3.91. The van der Waals surface area contributed by atoms with E-state index in [2.05, 4.69) is 10.2 Å². The van der Waals surface area contributed by atoms with Crippen molar-refractivity contribution in [3.05, 3.63) is 5.82 Å². The average Bonchev–Trinajstić information content (AvgIpc) is 2.67. The minimum absolute atomic E-state index is 0.163. The molecule has 1 rings (SSSR count). The molecule has 0 aromatic carbocycles. The van der Waals surface area contributed by atoms with Gasteiger partial charge in [-0.3, -0.25) is 4.57 Å². The lowest BCUT2D eigenvalue weighted by Crippen LogP contribution is -2.10. The zero-order chi connectivity index (χ0) is 12.9. The van der Waals surface area contributed by atoms with Gasteiger partial charge in [-0.2, -0.15) is 0 Å². The topological polar surface area (TPSA) is 83.3 Å². The van der Waals surface area contributed by atoms with Crippen LogP contribution in [-0.2, 0) is 31.7 Å². The number of rotatable bonds is 7. The summed E-state index contributed by atoms with van der Waals surface area (Å²) in [6.45, 7) is 3.19. The molecule has 0 spiro atoms. The van der Waals surface area contributed by atoms with Crippen molar-refractivity contribution in [3.8, 4) is 0 Å². The second-order valence-electron chi connectivity index (χ2n) is 3.13. The highest BCUT2D eigenvalue weighted by molar-refractivity contribution is 8.13. The van der Waals surface area contributed by atoms with Gasteiger partial charge in [0, 0.05) is 24.3 Å². The highest BCUT2D eigenvalue weighted by Crippen LogP contribution is 2.14. The molecule has 9 heteroatoms. The molecule has 0 radical (unpaired) electrons. The van der Waals surface area contributed by atoms with Crippen molar-refractivity contribution in [2.24, 2.45) is 0 Å². The maximum absolute atomic E-state index is 11.2. The van der Waals surface area contributed by atoms with Gasteiger partial charge in [-0.15, -0.1) is 10.2 Å². The summed E-state index contributed by atoms with van der Waals surface area (Å²) in [6, 6.07) is 0. The second-order valence-corrected chi connectivity index (χ2v) is 5.59. The van der Waals surface area contributed by atoms with E-state index < -0.39 is 9.05 Å². The van der Waals surface area contributed by atoms with Crippen LogP contribution in [0.3, 0.4) is 0 Å². The number of ether oxygens (including phenoxy) is 2. The number of halogens is 1. The predicted octanol–water partition coefficient (Wildman–Crippen LogP) is 0.388. The predicted molar refractivity (Wildman–Crippen MR) is 60.3 cm³/mol. The van der Waals surface area contributed by atoms with E-state index in [9.17, 15) is 8.42 Å². The summed E-state index contributed by atoms with van der Waals surface area (Å²) in [6.07, 6.45) is 0. The quantitative estimate of drug-likeness (QED) is 0.532. The van der Waals surface area contributed by atoms with Crippen LogP contribution in [0.1, 0.15) is 12.7 Å². The van der Waals surface area contributed by atoms with E-state index in [-0.39, 0.29) is 11.8 Å². The van der Waals surface area contributed by atoms with Crippen LogP contribution in [0, 0.1) is 0 Å². The molecule has 0 aliphatic rings. The monoisotopic (exact) mass is 283 g/mol. The molecule has 1 aromatic heterocycles. The lowest BCUT2D eigenvalue weighted by Gasteiger charge is -2.06. The Morgan fingerprint density at radius 1 is 1.35 bits per heavy atom. The first-order chi connectivity index (χ1) is 8.00. The van der Waals surface area contributed by atoms with E-state index in [0.717, 1.165) is 0 Å². The van der Waals surface area contributed by atoms with E-state index >= 15 is 0 Å². The number of aromatic nitrogens is 3. The molecular formula is C8H14ClN3O4S. The van der Waals surface area contributed by atoms with Gasteiger partial charge in [0.2, 0.25) is 0 Å². The summed E-state index contributed by atoms with van der Waals surface area (Å²) < 4.78 is 33.8. The van der Waals surface area contributed by atoms with Crippen LogP contribution in [0.25, 0.3) is 0 Å². The molecule has 1 aromatic rings. The van der Waals surface area contributed by atoms with Crippen molar-refractivity contribution in [1.82, 2.24) is 14.8 Å². The Morgan fingerprint density at radius 2 is 2.06 bits per heavy atom. The molecule has 98 valence electrons. The molecule has 0 atom stereocenters. The number of hydrogen-bond acceptors (Lipinski definition) is 6. The van der Waals surface area contributed by atoms with Gasteiger partial charge in [-0.05, 0) is 6.92 Å². The van der Waals surface area contributed by atoms with Gasteiger partial charge >= 0.3 is 0 Å². The van der Waals surface area contributed by atoms with Crippen molar-refractivity contribution in [3.63, 3.8) is 0 Å². The summed E-state index contributed by atoms with van der Waals surface area (Å²) >= 11 is 0. The lowest BCUT2D eigenvalue weighted by molar-refractivity contribution is 0.0570. The van der Waals surface area contributed by atoms with Crippen LogP contribution in [-0.4, -0.2) is 43.5 Å². The average molecular weight is 284 g/mol. The van der Waals surface area contributed by atoms with Crippen LogP contribution in [0.4, 0.5) is 0 Å². The van der Waals surface area contributed by atoms with Crippen LogP contribution >= 0.6 is 10.7 Å². The Hall–Kier alpha value is -0.700. The summed E-state index contributed by atoms with van der Waals surface area (Å²) in [5, 5.41) is 7.02. The fourth-order valence-corrected chi connectivity index (χ4v) is 2.21. The zero-order valence-electron chi connectivity index (χ0n) is 9.59. The smallest absolute Gasteiger partial charge is 0.296 e. The van der Waals surface area contributed by atoms with Crippen LogP contribution < -0.4 is 0 Å². The van der Waals surface area contributed by atoms with E-state index in [1.807, 2.05) is 0 Å². The highest BCUT2D eigenvalue weighted by atomic mass is 35.7. The van der Waals surface area contributed by atoms with Gasteiger partial charge in [-0.1, -0.05) is 0 Å². The maximum Gasteiger partial charge on any atom is 0.296 e. The molecule has 7 nitrogen and oxygen atoms in total. The molecule has 0 saturated carbocycles. The van der Waals surface area contributed by atoms with Crippen molar-refractivity contribution in [2.75, 3.05) is 20.3 Å². The molecule has 0 fully saturated rings.